The fourth-order valence-corrected chi connectivity index (χ4v) is 4.59. The Morgan fingerprint density at radius 1 is 1.33 bits per heavy atom. The van der Waals surface area contributed by atoms with Gasteiger partial charge in [-0.2, -0.15) is 0 Å². The van der Waals surface area contributed by atoms with Gasteiger partial charge < -0.3 is 5.32 Å². The van der Waals surface area contributed by atoms with Crippen molar-refractivity contribution in [2.75, 3.05) is 12.4 Å². The Hall–Kier alpha value is -1.43. The van der Waals surface area contributed by atoms with Gasteiger partial charge in [0.05, 0.1) is 28.8 Å². The summed E-state index contributed by atoms with van der Waals surface area (Å²) < 4.78 is 36.7. The van der Waals surface area contributed by atoms with Crippen LogP contribution in [-0.2, 0) is 14.6 Å². The zero-order valence-electron chi connectivity index (χ0n) is 11.6. The Kier molecular flexibility index (Phi) is 3.51. The van der Waals surface area contributed by atoms with E-state index in [9.17, 15) is 17.6 Å². The topological polar surface area (TPSA) is 63.2 Å². The number of benzene rings is 1. The number of hydrogen-bond acceptors (Lipinski definition) is 3. The normalized spacial score (nSPS) is 24.9. The van der Waals surface area contributed by atoms with E-state index in [2.05, 4.69) is 5.32 Å². The maximum Gasteiger partial charge on any atom is 0.226 e. The maximum atomic E-state index is 12.5. The number of sulfone groups is 1. The number of carbonyl (C=O) groups is 1. The molecular formula is C15H18FNO3S. The molecule has 1 aromatic carbocycles. The Morgan fingerprint density at radius 2 is 2.05 bits per heavy atom. The second kappa shape index (κ2) is 5.09. The fraction of sp³-hybridized carbons (Fsp3) is 0.533. The number of carbonyl (C=O) groups excluding carboxylic acids is 1. The summed E-state index contributed by atoms with van der Waals surface area (Å²) in [6, 6.07) is 6.48. The van der Waals surface area contributed by atoms with Crippen molar-refractivity contribution in [3.05, 3.63) is 29.8 Å². The summed E-state index contributed by atoms with van der Waals surface area (Å²) in [4.78, 5) is 12.6. The van der Waals surface area contributed by atoms with Crippen LogP contribution in [0.4, 0.5) is 4.39 Å². The van der Waals surface area contributed by atoms with Gasteiger partial charge in [0.2, 0.25) is 5.91 Å². The molecule has 1 saturated carbocycles. The second-order valence-corrected chi connectivity index (χ2v) is 7.97. The van der Waals surface area contributed by atoms with E-state index in [4.69, 9.17) is 0 Å². The van der Waals surface area contributed by atoms with Crippen molar-refractivity contribution in [3.63, 3.8) is 0 Å². The molecule has 1 N–H and O–H groups in total. The van der Waals surface area contributed by atoms with Crippen LogP contribution in [0.1, 0.15) is 37.3 Å². The second-order valence-electron chi connectivity index (χ2n) is 5.89. The molecule has 1 unspecified atom stereocenters. The van der Waals surface area contributed by atoms with Crippen LogP contribution in [0.25, 0.3) is 0 Å². The molecule has 1 aliphatic carbocycles. The van der Waals surface area contributed by atoms with Crippen molar-refractivity contribution in [1.29, 1.82) is 0 Å². The predicted molar refractivity (Wildman–Crippen MR) is 76.3 cm³/mol. The molecule has 114 valence electrons. The van der Waals surface area contributed by atoms with E-state index in [1.165, 1.54) is 0 Å². The minimum absolute atomic E-state index is 0.0328. The quantitative estimate of drug-likeness (QED) is 0.927. The van der Waals surface area contributed by atoms with Gasteiger partial charge in [-0.3, -0.25) is 9.18 Å². The lowest BCUT2D eigenvalue weighted by Gasteiger charge is -2.27. The molecule has 1 heterocycles. The number of fused-ring (bicyclic) bond motifs is 1. The average molecular weight is 311 g/mol. The Balaban J connectivity index is 1.83. The zero-order chi connectivity index (χ0) is 15.1. The number of hydrogen-bond donors (Lipinski definition) is 1. The third-order valence-corrected chi connectivity index (χ3v) is 6.33. The van der Waals surface area contributed by atoms with Crippen molar-refractivity contribution in [2.45, 2.75) is 36.6 Å². The van der Waals surface area contributed by atoms with Crippen molar-refractivity contribution < 1.29 is 17.6 Å². The molecule has 0 bridgehead atoms. The molecule has 4 nitrogen and oxygen atoms in total. The van der Waals surface area contributed by atoms with Gasteiger partial charge in [-0.05, 0) is 37.3 Å². The van der Waals surface area contributed by atoms with Crippen LogP contribution in [-0.4, -0.2) is 26.8 Å². The molecule has 0 radical (unpaired) electrons. The molecule has 3 rings (SSSR count). The minimum Gasteiger partial charge on any atom is -0.349 e. The standard InChI is InChI=1S/C15H18FNO3S/c16-9-8-15(6-7-15)14(18)17-12-5-10-21(19,20)13-4-2-1-3-11(12)13/h1-4,12H,5-10H2,(H,17,18). The Labute approximate surface area is 123 Å². The number of halogens is 1. The first-order chi connectivity index (χ1) is 9.98. The number of rotatable bonds is 4. The largest absolute Gasteiger partial charge is 0.349 e. The van der Waals surface area contributed by atoms with Crippen molar-refractivity contribution in [3.8, 4) is 0 Å². The summed E-state index contributed by atoms with van der Waals surface area (Å²) in [7, 11) is -3.25. The number of alkyl halides is 1. The molecule has 1 amide bonds. The van der Waals surface area contributed by atoms with Gasteiger partial charge in [-0.25, -0.2) is 8.42 Å². The highest BCUT2D eigenvalue weighted by Crippen LogP contribution is 2.49. The van der Waals surface area contributed by atoms with E-state index in [0.29, 0.717) is 16.9 Å². The third kappa shape index (κ3) is 2.57. The lowest BCUT2D eigenvalue weighted by molar-refractivity contribution is -0.127. The van der Waals surface area contributed by atoms with Crippen LogP contribution >= 0.6 is 0 Å². The van der Waals surface area contributed by atoms with Crippen LogP contribution in [0.5, 0.6) is 0 Å². The first kappa shape index (κ1) is 14.5. The van der Waals surface area contributed by atoms with Crippen LogP contribution in [0.2, 0.25) is 0 Å². The zero-order valence-corrected chi connectivity index (χ0v) is 12.5. The van der Waals surface area contributed by atoms with Gasteiger partial charge >= 0.3 is 0 Å². The van der Waals surface area contributed by atoms with Crippen molar-refractivity contribution in [1.82, 2.24) is 5.32 Å². The fourth-order valence-electron chi connectivity index (χ4n) is 2.97. The molecule has 1 fully saturated rings. The first-order valence-corrected chi connectivity index (χ1v) is 8.82. The van der Waals surface area contributed by atoms with E-state index in [1.807, 2.05) is 0 Å². The highest BCUT2D eigenvalue weighted by Gasteiger charge is 2.50. The molecule has 21 heavy (non-hydrogen) atoms. The lowest BCUT2D eigenvalue weighted by atomic mass is 9.99. The highest BCUT2D eigenvalue weighted by atomic mass is 32.2. The van der Waals surface area contributed by atoms with Gasteiger partial charge in [-0.1, -0.05) is 18.2 Å². The molecule has 2 aliphatic rings. The smallest absolute Gasteiger partial charge is 0.226 e. The minimum atomic E-state index is -3.25. The van der Waals surface area contributed by atoms with Crippen LogP contribution < -0.4 is 5.32 Å². The van der Waals surface area contributed by atoms with Crippen molar-refractivity contribution in [2.24, 2.45) is 5.41 Å². The average Bonchev–Trinajstić information content (AvgIpc) is 3.24. The summed E-state index contributed by atoms with van der Waals surface area (Å²) in [5, 5.41) is 2.93. The SMILES string of the molecule is O=C(NC1CCS(=O)(=O)c2ccccc21)C1(CCF)CC1. The predicted octanol–water partition coefficient (Wildman–Crippen LogP) is 2.16. The summed E-state index contributed by atoms with van der Waals surface area (Å²) in [6.45, 7) is -0.497. The molecule has 6 heteroatoms. The molecule has 1 aromatic rings. The van der Waals surface area contributed by atoms with Crippen LogP contribution in [0.3, 0.4) is 0 Å². The van der Waals surface area contributed by atoms with E-state index in [0.717, 1.165) is 12.8 Å². The first-order valence-electron chi connectivity index (χ1n) is 7.17. The van der Waals surface area contributed by atoms with Gasteiger partial charge in [0.15, 0.2) is 9.84 Å². The maximum absolute atomic E-state index is 12.5. The molecule has 0 aromatic heterocycles. The summed E-state index contributed by atoms with van der Waals surface area (Å²) in [5.74, 6) is -0.107. The van der Waals surface area contributed by atoms with Gasteiger partial charge in [0, 0.05) is 0 Å². The van der Waals surface area contributed by atoms with Gasteiger partial charge in [0.1, 0.15) is 0 Å². The third-order valence-electron chi connectivity index (χ3n) is 4.52. The van der Waals surface area contributed by atoms with E-state index in [-0.39, 0.29) is 24.1 Å². The molecule has 1 aliphatic heterocycles. The Morgan fingerprint density at radius 3 is 2.71 bits per heavy atom. The van der Waals surface area contributed by atoms with E-state index < -0.39 is 21.9 Å². The van der Waals surface area contributed by atoms with Crippen molar-refractivity contribution >= 4 is 15.7 Å². The summed E-state index contributed by atoms with van der Waals surface area (Å²) >= 11 is 0. The van der Waals surface area contributed by atoms with Crippen LogP contribution in [0.15, 0.2) is 29.2 Å². The molecule has 0 saturated heterocycles. The number of nitrogens with one attached hydrogen (secondary N) is 1. The number of amides is 1. The van der Waals surface area contributed by atoms with E-state index >= 15 is 0 Å². The molecule has 0 spiro atoms. The lowest BCUT2D eigenvalue weighted by Crippen LogP contribution is -2.38. The highest BCUT2D eigenvalue weighted by molar-refractivity contribution is 7.91. The van der Waals surface area contributed by atoms with E-state index in [1.54, 1.807) is 24.3 Å². The van der Waals surface area contributed by atoms with Crippen LogP contribution in [0, 0.1) is 5.41 Å². The summed E-state index contributed by atoms with van der Waals surface area (Å²) in [5.41, 5.74) is 0.0909. The Bertz CT molecular complexity index is 667. The molecular weight excluding hydrogens is 293 g/mol. The summed E-state index contributed by atoms with van der Waals surface area (Å²) in [6.07, 6.45) is 2.06. The monoisotopic (exact) mass is 311 g/mol. The van der Waals surface area contributed by atoms with Gasteiger partial charge in [0.25, 0.3) is 0 Å². The molecule has 1 atom stereocenters. The van der Waals surface area contributed by atoms with Gasteiger partial charge in [-0.15, -0.1) is 0 Å².